The molecule has 0 aliphatic heterocycles. The summed E-state index contributed by atoms with van der Waals surface area (Å²) in [4.78, 5) is 0. The SMILES string of the molecule is CCCS(=O)(=O)NCc1ccc(C#CCN)cc1. The van der Waals surface area contributed by atoms with Crippen LogP contribution in [0.4, 0.5) is 0 Å². The Hall–Kier alpha value is -1.35. The molecule has 0 unspecified atom stereocenters. The third-order valence-corrected chi connectivity index (χ3v) is 3.79. The molecule has 0 aliphatic rings. The molecule has 18 heavy (non-hydrogen) atoms. The first-order valence-electron chi connectivity index (χ1n) is 5.82. The Labute approximate surface area is 109 Å². The summed E-state index contributed by atoms with van der Waals surface area (Å²) in [5.74, 6) is 5.83. The van der Waals surface area contributed by atoms with Crippen molar-refractivity contribution in [2.45, 2.75) is 19.9 Å². The quantitative estimate of drug-likeness (QED) is 0.775. The molecule has 0 bridgehead atoms. The molecule has 0 heterocycles. The van der Waals surface area contributed by atoms with Gasteiger partial charge in [-0.15, -0.1) is 0 Å². The highest BCUT2D eigenvalue weighted by Gasteiger charge is 2.07. The van der Waals surface area contributed by atoms with Crippen LogP contribution < -0.4 is 10.5 Å². The fourth-order valence-corrected chi connectivity index (χ4v) is 2.46. The van der Waals surface area contributed by atoms with Crippen LogP contribution in [0.1, 0.15) is 24.5 Å². The lowest BCUT2D eigenvalue weighted by Gasteiger charge is -2.05. The molecular formula is C13H18N2O2S. The van der Waals surface area contributed by atoms with Gasteiger partial charge in [-0.25, -0.2) is 13.1 Å². The lowest BCUT2D eigenvalue weighted by Crippen LogP contribution is -2.25. The molecule has 0 fully saturated rings. The van der Waals surface area contributed by atoms with E-state index in [9.17, 15) is 8.42 Å². The highest BCUT2D eigenvalue weighted by Crippen LogP contribution is 2.03. The van der Waals surface area contributed by atoms with Crippen LogP contribution in [0.15, 0.2) is 24.3 Å². The summed E-state index contributed by atoms with van der Waals surface area (Å²) in [5.41, 5.74) is 7.07. The van der Waals surface area contributed by atoms with E-state index in [0.717, 1.165) is 11.1 Å². The van der Waals surface area contributed by atoms with Gasteiger partial charge in [0.1, 0.15) is 0 Å². The first-order valence-corrected chi connectivity index (χ1v) is 7.48. The van der Waals surface area contributed by atoms with Gasteiger partial charge in [0.05, 0.1) is 12.3 Å². The summed E-state index contributed by atoms with van der Waals surface area (Å²) in [6, 6.07) is 7.42. The normalized spacial score (nSPS) is 10.8. The highest BCUT2D eigenvalue weighted by atomic mass is 32.2. The molecule has 5 heteroatoms. The highest BCUT2D eigenvalue weighted by molar-refractivity contribution is 7.89. The number of nitrogens with one attached hydrogen (secondary N) is 1. The Morgan fingerprint density at radius 1 is 1.28 bits per heavy atom. The topological polar surface area (TPSA) is 72.2 Å². The van der Waals surface area contributed by atoms with Crippen LogP contribution in [-0.2, 0) is 16.6 Å². The van der Waals surface area contributed by atoms with Gasteiger partial charge in [0, 0.05) is 12.1 Å². The molecule has 0 atom stereocenters. The zero-order valence-electron chi connectivity index (χ0n) is 10.4. The molecule has 0 aliphatic carbocycles. The zero-order chi connectivity index (χ0) is 13.4. The van der Waals surface area contributed by atoms with Crippen molar-refractivity contribution in [1.29, 1.82) is 0 Å². The standard InChI is InChI=1S/C13H18N2O2S/c1-2-10-18(16,17)15-11-13-7-5-12(6-8-13)4-3-9-14/h5-8,15H,2,9-11,14H2,1H3. The van der Waals surface area contributed by atoms with Gasteiger partial charge < -0.3 is 5.73 Å². The zero-order valence-corrected chi connectivity index (χ0v) is 11.3. The maximum absolute atomic E-state index is 11.5. The predicted octanol–water partition coefficient (Wildman–Crippen LogP) is 0.826. The number of nitrogens with two attached hydrogens (primary N) is 1. The second kappa shape index (κ2) is 7.17. The average Bonchev–Trinajstić information content (AvgIpc) is 2.35. The van der Waals surface area contributed by atoms with Gasteiger partial charge in [0.15, 0.2) is 0 Å². The number of hydrogen-bond acceptors (Lipinski definition) is 3. The summed E-state index contributed by atoms with van der Waals surface area (Å²) in [6.45, 7) is 2.48. The first kappa shape index (κ1) is 14.7. The first-order chi connectivity index (χ1) is 8.57. The Morgan fingerprint density at radius 2 is 1.94 bits per heavy atom. The molecule has 1 aromatic rings. The van der Waals surface area contributed by atoms with Gasteiger partial charge in [0.2, 0.25) is 10.0 Å². The van der Waals surface area contributed by atoms with E-state index >= 15 is 0 Å². The molecule has 0 spiro atoms. The van der Waals surface area contributed by atoms with Crippen molar-refractivity contribution in [3.63, 3.8) is 0 Å². The number of sulfonamides is 1. The van der Waals surface area contributed by atoms with Crippen LogP contribution >= 0.6 is 0 Å². The van der Waals surface area contributed by atoms with E-state index in [1.165, 1.54) is 0 Å². The van der Waals surface area contributed by atoms with E-state index in [1.54, 1.807) is 0 Å². The fraction of sp³-hybridized carbons (Fsp3) is 0.385. The third-order valence-electron chi connectivity index (χ3n) is 2.26. The summed E-state index contributed by atoms with van der Waals surface area (Å²) in [7, 11) is -3.15. The molecule has 4 nitrogen and oxygen atoms in total. The smallest absolute Gasteiger partial charge is 0.211 e. The summed E-state index contributed by atoms with van der Waals surface area (Å²) >= 11 is 0. The minimum atomic E-state index is -3.15. The van der Waals surface area contributed by atoms with E-state index in [1.807, 2.05) is 31.2 Å². The maximum atomic E-state index is 11.5. The summed E-state index contributed by atoms with van der Waals surface area (Å²) in [5, 5.41) is 0. The third kappa shape index (κ3) is 5.32. The van der Waals surface area contributed by atoms with Crippen LogP contribution in [0.2, 0.25) is 0 Å². The Balaban J connectivity index is 2.59. The average molecular weight is 266 g/mol. The van der Waals surface area contributed by atoms with E-state index in [4.69, 9.17) is 5.73 Å². The second-order valence-corrected chi connectivity index (χ2v) is 5.77. The van der Waals surface area contributed by atoms with E-state index < -0.39 is 10.0 Å². The van der Waals surface area contributed by atoms with E-state index in [0.29, 0.717) is 19.5 Å². The lowest BCUT2D eigenvalue weighted by molar-refractivity contribution is 0.580. The van der Waals surface area contributed by atoms with Crippen molar-refractivity contribution < 1.29 is 8.42 Å². The largest absolute Gasteiger partial charge is 0.320 e. The molecular weight excluding hydrogens is 248 g/mol. The summed E-state index contributed by atoms with van der Waals surface area (Å²) < 4.78 is 25.5. The van der Waals surface area contributed by atoms with E-state index in [2.05, 4.69) is 16.6 Å². The Bertz CT molecular complexity index is 524. The number of benzene rings is 1. The van der Waals surface area contributed by atoms with Crippen LogP contribution in [0.5, 0.6) is 0 Å². The lowest BCUT2D eigenvalue weighted by atomic mass is 10.1. The van der Waals surface area contributed by atoms with Gasteiger partial charge in [0.25, 0.3) is 0 Å². The van der Waals surface area contributed by atoms with Crippen molar-refractivity contribution in [3.05, 3.63) is 35.4 Å². The van der Waals surface area contributed by atoms with Crippen LogP contribution in [0.25, 0.3) is 0 Å². The van der Waals surface area contributed by atoms with Crippen molar-refractivity contribution in [3.8, 4) is 11.8 Å². The van der Waals surface area contributed by atoms with Crippen LogP contribution in [0, 0.1) is 11.8 Å². The fourth-order valence-electron chi connectivity index (χ4n) is 1.39. The molecule has 0 amide bonds. The van der Waals surface area contributed by atoms with Crippen molar-refractivity contribution in [2.75, 3.05) is 12.3 Å². The Kier molecular flexibility index (Phi) is 5.86. The van der Waals surface area contributed by atoms with Crippen LogP contribution in [-0.4, -0.2) is 20.7 Å². The summed E-state index contributed by atoms with van der Waals surface area (Å²) in [6.07, 6.45) is 0.614. The van der Waals surface area contributed by atoms with Crippen molar-refractivity contribution in [1.82, 2.24) is 4.72 Å². The van der Waals surface area contributed by atoms with Crippen LogP contribution in [0.3, 0.4) is 0 Å². The molecule has 0 radical (unpaired) electrons. The minimum Gasteiger partial charge on any atom is -0.320 e. The second-order valence-electron chi connectivity index (χ2n) is 3.84. The number of hydrogen-bond donors (Lipinski definition) is 2. The van der Waals surface area contributed by atoms with Gasteiger partial charge in [-0.1, -0.05) is 30.9 Å². The number of rotatable bonds is 5. The molecule has 1 rings (SSSR count). The Morgan fingerprint density at radius 3 is 2.50 bits per heavy atom. The molecule has 0 saturated carbocycles. The minimum absolute atomic E-state index is 0.160. The monoisotopic (exact) mass is 266 g/mol. The van der Waals surface area contributed by atoms with E-state index in [-0.39, 0.29) is 5.75 Å². The predicted molar refractivity (Wildman–Crippen MR) is 73.3 cm³/mol. The molecule has 3 N–H and O–H groups in total. The van der Waals surface area contributed by atoms with Gasteiger partial charge in [-0.3, -0.25) is 0 Å². The van der Waals surface area contributed by atoms with Crippen molar-refractivity contribution >= 4 is 10.0 Å². The molecule has 0 saturated heterocycles. The van der Waals surface area contributed by atoms with Crippen molar-refractivity contribution in [2.24, 2.45) is 5.73 Å². The maximum Gasteiger partial charge on any atom is 0.211 e. The molecule has 0 aromatic heterocycles. The van der Waals surface area contributed by atoms with Gasteiger partial charge >= 0.3 is 0 Å². The van der Waals surface area contributed by atoms with Gasteiger partial charge in [-0.05, 0) is 24.1 Å². The molecule has 98 valence electrons. The molecule has 1 aromatic carbocycles. The van der Waals surface area contributed by atoms with Gasteiger partial charge in [-0.2, -0.15) is 0 Å².